The first-order valence-corrected chi connectivity index (χ1v) is 3.08. The standard InChI is InChI=1S/C6H11NO2/c1-6(4-7)3-2-5(8)9-6/h2-4,7H2,1H3. The molecular formula is C6H11NO2. The predicted octanol–water partition coefficient (Wildman–Crippen LogP) is 0.0408. The second-order valence-corrected chi connectivity index (χ2v) is 2.63. The van der Waals surface area contributed by atoms with E-state index in [1.165, 1.54) is 0 Å². The van der Waals surface area contributed by atoms with Crippen molar-refractivity contribution in [2.75, 3.05) is 6.54 Å². The Hall–Kier alpha value is -0.570. The molecule has 1 fully saturated rings. The van der Waals surface area contributed by atoms with Crippen molar-refractivity contribution in [2.24, 2.45) is 5.73 Å². The lowest BCUT2D eigenvalue weighted by Gasteiger charge is -2.18. The molecule has 1 rings (SSSR count). The Balaban J connectivity index is 2.54. The maximum absolute atomic E-state index is 10.5. The average Bonchev–Trinajstić information content (AvgIpc) is 2.13. The van der Waals surface area contributed by atoms with Crippen molar-refractivity contribution < 1.29 is 9.53 Å². The molecule has 0 bridgehead atoms. The molecule has 1 aliphatic rings. The molecule has 0 aromatic carbocycles. The molecule has 0 aromatic rings. The molecule has 0 saturated carbocycles. The topological polar surface area (TPSA) is 52.3 Å². The van der Waals surface area contributed by atoms with Crippen LogP contribution in [-0.4, -0.2) is 18.1 Å². The molecule has 0 amide bonds. The maximum atomic E-state index is 10.5. The Morgan fingerprint density at radius 2 is 2.56 bits per heavy atom. The number of nitrogens with two attached hydrogens (primary N) is 1. The lowest BCUT2D eigenvalue weighted by Crippen LogP contribution is -2.33. The summed E-state index contributed by atoms with van der Waals surface area (Å²) in [4.78, 5) is 10.5. The van der Waals surface area contributed by atoms with Crippen molar-refractivity contribution in [1.29, 1.82) is 0 Å². The van der Waals surface area contributed by atoms with Gasteiger partial charge in [-0.2, -0.15) is 0 Å². The number of hydrogen-bond donors (Lipinski definition) is 1. The summed E-state index contributed by atoms with van der Waals surface area (Å²) in [7, 11) is 0. The quantitative estimate of drug-likeness (QED) is 0.508. The van der Waals surface area contributed by atoms with Crippen LogP contribution in [-0.2, 0) is 9.53 Å². The number of rotatable bonds is 1. The lowest BCUT2D eigenvalue weighted by atomic mass is 10.0. The molecule has 1 aliphatic heterocycles. The van der Waals surface area contributed by atoms with Crippen molar-refractivity contribution in [3.63, 3.8) is 0 Å². The van der Waals surface area contributed by atoms with E-state index < -0.39 is 0 Å². The molecule has 0 radical (unpaired) electrons. The first kappa shape index (κ1) is 6.55. The largest absolute Gasteiger partial charge is 0.458 e. The van der Waals surface area contributed by atoms with Crippen LogP contribution in [0.4, 0.5) is 0 Å². The van der Waals surface area contributed by atoms with E-state index in [0.29, 0.717) is 13.0 Å². The predicted molar refractivity (Wildman–Crippen MR) is 32.8 cm³/mol. The molecule has 1 unspecified atom stereocenters. The van der Waals surface area contributed by atoms with Crippen molar-refractivity contribution in [2.45, 2.75) is 25.4 Å². The highest BCUT2D eigenvalue weighted by Crippen LogP contribution is 2.24. The first-order chi connectivity index (χ1) is 4.16. The van der Waals surface area contributed by atoms with E-state index in [4.69, 9.17) is 10.5 Å². The molecule has 1 heterocycles. The molecule has 52 valence electrons. The smallest absolute Gasteiger partial charge is 0.306 e. The molecule has 0 aromatic heterocycles. The molecular weight excluding hydrogens is 118 g/mol. The second-order valence-electron chi connectivity index (χ2n) is 2.63. The van der Waals surface area contributed by atoms with Crippen molar-refractivity contribution in [3.05, 3.63) is 0 Å². The fraction of sp³-hybridized carbons (Fsp3) is 0.833. The zero-order valence-electron chi connectivity index (χ0n) is 5.52. The SMILES string of the molecule is CC1(CN)CCC(=O)O1. The summed E-state index contributed by atoms with van der Waals surface area (Å²) >= 11 is 0. The maximum Gasteiger partial charge on any atom is 0.306 e. The number of hydrogen-bond acceptors (Lipinski definition) is 3. The van der Waals surface area contributed by atoms with Crippen molar-refractivity contribution in [1.82, 2.24) is 0 Å². The molecule has 1 saturated heterocycles. The second kappa shape index (κ2) is 1.99. The van der Waals surface area contributed by atoms with Gasteiger partial charge in [0.05, 0.1) is 0 Å². The summed E-state index contributed by atoms with van der Waals surface area (Å²) in [5, 5.41) is 0. The van der Waals surface area contributed by atoms with Crippen LogP contribution in [0.1, 0.15) is 19.8 Å². The van der Waals surface area contributed by atoms with Gasteiger partial charge in [0.2, 0.25) is 0 Å². The van der Waals surface area contributed by atoms with Gasteiger partial charge < -0.3 is 10.5 Å². The Morgan fingerprint density at radius 3 is 2.78 bits per heavy atom. The third-order valence-electron chi connectivity index (χ3n) is 1.65. The fourth-order valence-corrected chi connectivity index (χ4v) is 0.887. The third kappa shape index (κ3) is 1.21. The highest BCUT2D eigenvalue weighted by atomic mass is 16.6. The van der Waals surface area contributed by atoms with Crippen LogP contribution in [0.3, 0.4) is 0 Å². The van der Waals surface area contributed by atoms with Gasteiger partial charge in [0.25, 0.3) is 0 Å². The summed E-state index contributed by atoms with van der Waals surface area (Å²) in [6.07, 6.45) is 1.29. The van der Waals surface area contributed by atoms with Crippen LogP contribution in [0.5, 0.6) is 0 Å². The minimum atomic E-state index is -0.364. The van der Waals surface area contributed by atoms with Crippen molar-refractivity contribution in [3.8, 4) is 0 Å². The number of cyclic esters (lactones) is 1. The van der Waals surface area contributed by atoms with Crippen LogP contribution in [0.25, 0.3) is 0 Å². The fourth-order valence-electron chi connectivity index (χ4n) is 0.887. The minimum Gasteiger partial charge on any atom is -0.458 e. The molecule has 9 heavy (non-hydrogen) atoms. The monoisotopic (exact) mass is 129 g/mol. The summed E-state index contributed by atoms with van der Waals surface area (Å²) in [5.74, 6) is -0.122. The van der Waals surface area contributed by atoms with Crippen LogP contribution >= 0.6 is 0 Å². The Labute approximate surface area is 54.2 Å². The Kier molecular flexibility index (Phi) is 1.45. The van der Waals surface area contributed by atoms with Crippen LogP contribution in [0, 0.1) is 0 Å². The number of carbonyl (C=O) groups is 1. The first-order valence-electron chi connectivity index (χ1n) is 3.08. The lowest BCUT2D eigenvalue weighted by molar-refractivity contribution is -0.146. The highest BCUT2D eigenvalue weighted by Gasteiger charge is 2.33. The van der Waals surface area contributed by atoms with Gasteiger partial charge in [0, 0.05) is 13.0 Å². The number of ether oxygens (including phenoxy) is 1. The summed E-state index contributed by atoms with van der Waals surface area (Å²) in [6.45, 7) is 2.29. The van der Waals surface area contributed by atoms with E-state index >= 15 is 0 Å². The third-order valence-corrected chi connectivity index (χ3v) is 1.65. The molecule has 2 N–H and O–H groups in total. The normalized spacial score (nSPS) is 34.7. The Bertz CT molecular complexity index is 135. The van der Waals surface area contributed by atoms with Gasteiger partial charge in [-0.1, -0.05) is 0 Å². The summed E-state index contributed by atoms with van der Waals surface area (Å²) in [6, 6.07) is 0. The van der Waals surface area contributed by atoms with Gasteiger partial charge >= 0.3 is 5.97 Å². The van der Waals surface area contributed by atoms with Gasteiger partial charge in [-0.15, -0.1) is 0 Å². The van der Waals surface area contributed by atoms with Crippen LogP contribution in [0.2, 0.25) is 0 Å². The average molecular weight is 129 g/mol. The van der Waals surface area contributed by atoms with Gasteiger partial charge in [-0.25, -0.2) is 0 Å². The highest BCUT2D eigenvalue weighted by molar-refractivity contribution is 5.72. The summed E-state index contributed by atoms with van der Waals surface area (Å²) < 4.78 is 4.93. The Morgan fingerprint density at radius 1 is 1.89 bits per heavy atom. The van der Waals surface area contributed by atoms with E-state index in [9.17, 15) is 4.79 Å². The van der Waals surface area contributed by atoms with E-state index in [0.717, 1.165) is 6.42 Å². The minimum absolute atomic E-state index is 0.122. The van der Waals surface area contributed by atoms with E-state index in [2.05, 4.69) is 0 Å². The van der Waals surface area contributed by atoms with Gasteiger partial charge in [-0.05, 0) is 13.3 Å². The molecule has 0 aliphatic carbocycles. The van der Waals surface area contributed by atoms with Crippen molar-refractivity contribution >= 4 is 5.97 Å². The van der Waals surface area contributed by atoms with Gasteiger partial charge in [-0.3, -0.25) is 4.79 Å². The molecule has 1 atom stereocenters. The molecule has 0 spiro atoms. The van der Waals surface area contributed by atoms with Gasteiger partial charge in [0.15, 0.2) is 0 Å². The molecule has 3 heteroatoms. The number of carbonyl (C=O) groups excluding carboxylic acids is 1. The molecule has 3 nitrogen and oxygen atoms in total. The van der Waals surface area contributed by atoms with E-state index in [1.54, 1.807) is 0 Å². The zero-order chi connectivity index (χ0) is 6.91. The zero-order valence-corrected chi connectivity index (χ0v) is 5.52. The van der Waals surface area contributed by atoms with Gasteiger partial charge in [0.1, 0.15) is 5.60 Å². The van der Waals surface area contributed by atoms with Crippen LogP contribution < -0.4 is 5.73 Å². The van der Waals surface area contributed by atoms with Crippen LogP contribution in [0.15, 0.2) is 0 Å². The number of esters is 1. The van der Waals surface area contributed by atoms with E-state index in [-0.39, 0.29) is 11.6 Å². The summed E-state index contributed by atoms with van der Waals surface area (Å²) in [5.41, 5.74) is 4.99. The van der Waals surface area contributed by atoms with E-state index in [1.807, 2.05) is 6.92 Å².